The summed E-state index contributed by atoms with van der Waals surface area (Å²) in [6.45, 7) is 3.84. The van der Waals surface area contributed by atoms with Crippen molar-refractivity contribution in [1.29, 1.82) is 0 Å². The zero-order valence-corrected chi connectivity index (χ0v) is 19.9. The fourth-order valence-electron chi connectivity index (χ4n) is 4.50. The van der Waals surface area contributed by atoms with Gasteiger partial charge in [-0.05, 0) is 54.8 Å². The number of halogens is 2. The lowest BCUT2D eigenvalue weighted by atomic mass is 9.75. The molecule has 2 amide bonds. The van der Waals surface area contributed by atoms with Gasteiger partial charge in [0.25, 0.3) is 0 Å². The number of carbonyl (C=O) groups is 2. The van der Waals surface area contributed by atoms with Crippen LogP contribution in [0.15, 0.2) is 48.5 Å². The minimum Gasteiger partial charge on any atom is -0.493 e. The molecule has 0 N–H and O–H groups in total. The van der Waals surface area contributed by atoms with Gasteiger partial charge in [0.2, 0.25) is 11.8 Å². The van der Waals surface area contributed by atoms with E-state index in [0.717, 1.165) is 5.56 Å². The van der Waals surface area contributed by atoms with Gasteiger partial charge in [-0.15, -0.1) is 0 Å². The van der Waals surface area contributed by atoms with Gasteiger partial charge in [-0.3, -0.25) is 9.59 Å². The van der Waals surface area contributed by atoms with Crippen LogP contribution in [0.25, 0.3) is 0 Å². The molecular weight excluding hydrogens is 459 g/mol. The molecule has 0 spiro atoms. The monoisotopic (exact) mass is 488 g/mol. The zero-order chi connectivity index (χ0) is 24.0. The molecule has 34 heavy (non-hydrogen) atoms. The van der Waals surface area contributed by atoms with Crippen molar-refractivity contribution in [3.63, 3.8) is 0 Å². The maximum Gasteiger partial charge on any atom is 0.226 e. The van der Waals surface area contributed by atoms with Gasteiger partial charge in [-0.25, -0.2) is 4.39 Å². The molecule has 0 aromatic heterocycles. The average molecular weight is 489 g/mol. The first-order valence-corrected chi connectivity index (χ1v) is 12.1. The lowest BCUT2D eigenvalue weighted by Gasteiger charge is -2.42. The Labute approximate surface area is 204 Å². The molecule has 2 aliphatic rings. The summed E-state index contributed by atoms with van der Waals surface area (Å²) in [4.78, 5) is 29.6. The van der Waals surface area contributed by atoms with E-state index in [-0.39, 0.29) is 29.5 Å². The molecule has 2 aliphatic heterocycles. The molecule has 8 heteroatoms. The van der Waals surface area contributed by atoms with Gasteiger partial charge in [0, 0.05) is 43.0 Å². The van der Waals surface area contributed by atoms with Crippen molar-refractivity contribution >= 4 is 23.4 Å². The summed E-state index contributed by atoms with van der Waals surface area (Å²) in [5.41, 5.74) is 0.429. The fraction of sp³-hybridized carbons (Fsp3) is 0.462. The summed E-state index contributed by atoms with van der Waals surface area (Å²) in [5.74, 6) is 0.509. The Kier molecular flexibility index (Phi) is 8.06. The van der Waals surface area contributed by atoms with Crippen molar-refractivity contribution in [3.8, 4) is 5.75 Å². The number of nitrogens with zero attached hydrogens (tertiary/aromatic N) is 2. The molecule has 0 unspecified atom stereocenters. The van der Waals surface area contributed by atoms with Gasteiger partial charge in [-0.1, -0.05) is 23.7 Å². The molecule has 2 fully saturated rings. The first-order chi connectivity index (χ1) is 16.4. The van der Waals surface area contributed by atoms with Gasteiger partial charge in [0.1, 0.15) is 11.6 Å². The Bertz CT molecular complexity index is 969. The summed E-state index contributed by atoms with van der Waals surface area (Å²) in [6, 6.07) is 13.2. The number of rotatable bonds is 7. The van der Waals surface area contributed by atoms with Gasteiger partial charge in [0.15, 0.2) is 0 Å². The summed E-state index contributed by atoms with van der Waals surface area (Å²) >= 11 is 5.98. The number of hydrogen-bond donors (Lipinski definition) is 0. The van der Waals surface area contributed by atoms with Crippen LogP contribution in [0.1, 0.15) is 24.8 Å². The Morgan fingerprint density at radius 1 is 0.912 bits per heavy atom. The van der Waals surface area contributed by atoms with Gasteiger partial charge in [-0.2, -0.15) is 0 Å². The third kappa shape index (κ3) is 6.48. The van der Waals surface area contributed by atoms with Crippen LogP contribution in [0.2, 0.25) is 5.02 Å². The number of carbonyl (C=O) groups excluding carboxylic acids is 2. The van der Waals surface area contributed by atoms with E-state index in [4.69, 9.17) is 21.1 Å². The molecule has 0 radical (unpaired) electrons. The predicted octanol–water partition coefficient (Wildman–Crippen LogP) is 3.96. The van der Waals surface area contributed by atoms with Crippen LogP contribution in [0.5, 0.6) is 5.75 Å². The molecule has 0 aliphatic carbocycles. The standard InChI is InChI=1S/C26H30ClFN2O4/c27-21-3-7-23(8-4-21)34-19-26(18-25(32)30-13-15-33-16-14-30)9-11-29(12-10-26)24(31)17-20-1-5-22(28)6-2-20/h1-8H,9-19H2. The molecule has 2 aromatic carbocycles. The SMILES string of the molecule is O=C(Cc1ccc(F)cc1)N1CCC(COc2ccc(Cl)cc2)(CC(=O)N2CCOCC2)CC1. The number of piperidine rings is 1. The number of amides is 2. The summed E-state index contributed by atoms with van der Waals surface area (Å²) < 4.78 is 24.6. The molecule has 0 bridgehead atoms. The van der Waals surface area contributed by atoms with E-state index >= 15 is 0 Å². The highest BCUT2D eigenvalue weighted by Gasteiger charge is 2.39. The quantitative estimate of drug-likeness (QED) is 0.592. The number of morpholine rings is 1. The lowest BCUT2D eigenvalue weighted by Crippen LogP contribution is -2.49. The van der Waals surface area contributed by atoms with Crippen molar-refractivity contribution in [2.45, 2.75) is 25.7 Å². The second kappa shape index (κ2) is 11.2. The van der Waals surface area contributed by atoms with Gasteiger partial charge in [0.05, 0.1) is 26.2 Å². The highest BCUT2D eigenvalue weighted by atomic mass is 35.5. The van der Waals surface area contributed by atoms with E-state index in [2.05, 4.69) is 0 Å². The van der Waals surface area contributed by atoms with Crippen LogP contribution in [-0.4, -0.2) is 67.6 Å². The van der Waals surface area contributed by atoms with Crippen molar-refractivity contribution < 1.29 is 23.5 Å². The van der Waals surface area contributed by atoms with E-state index in [0.29, 0.717) is 76.0 Å². The van der Waals surface area contributed by atoms with Crippen molar-refractivity contribution in [2.24, 2.45) is 5.41 Å². The third-order valence-corrected chi connectivity index (χ3v) is 6.95. The smallest absolute Gasteiger partial charge is 0.226 e. The normalized spacial score (nSPS) is 17.9. The number of hydrogen-bond acceptors (Lipinski definition) is 4. The maximum absolute atomic E-state index is 13.2. The first-order valence-electron chi connectivity index (χ1n) is 11.7. The van der Waals surface area contributed by atoms with Gasteiger partial charge < -0.3 is 19.3 Å². The maximum atomic E-state index is 13.2. The summed E-state index contributed by atoms with van der Waals surface area (Å²) in [6.07, 6.45) is 1.96. The molecule has 0 saturated carbocycles. The number of benzene rings is 2. The van der Waals surface area contributed by atoms with E-state index in [1.807, 2.05) is 21.9 Å². The van der Waals surface area contributed by atoms with Crippen LogP contribution < -0.4 is 4.74 Å². The molecule has 2 saturated heterocycles. The minimum atomic E-state index is -0.359. The van der Waals surface area contributed by atoms with E-state index in [9.17, 15) is 14.0 Å². The van der Waals surface area contributed by atoms with Crippen LogP contribution >= 0.6 is 11.6 Å². The van der Waals surface area contributed by atoms with Crippen molar-refractivity contribution in [1.82, 2.24) is 9.80 Å². The zero-order valence-electron chi connectivity index (χ0n) is 19.2. The highest BCUT2D eigenvalue weighted by molar-refractivity contribution is 6.30. The topological polar surface area (TPSA) is 59.1 Å². The number of likely N-dealkylation sites (tertiary alicyclic amines) is 1. The van der Waals surface area contributed by atoms with E-state index in [1.54, 1.807) is 24.3 Å². The summed E-state index contributed by atoms with van der Waals surface area (Å²) in [7, 11) is 0. The van der Waals surface area contributed by atoms with Gasteiger partial charge >= 0.3 is 0 Å². The number of ether oxygens (including phenoxy) is 2. The summed E-state index contributed by atoms with van der Waals surface area (Å²) in [5, 5.41) is 0.637. The predicted molar refractivity (Wildman–Crippen MR) is 127 cm³/mol. The molecule has 182 valence electrons. The molecule has 2 heterocycles. The Morgan fingerprint density at radius 3 is 2.18 bits per heavy atom. The van der Waals surface area contributed by atoms with Crippen LogP contribution in [0.4, 0.5) is 4.39 Å². The minimum absolute atomic E-state index is 0.0123. The van der Waals surface area contributed by atoms with Crippen molar-refractivity contribution in [2.75, 3.05) is 46.0 Å². The first kappa shape index (κ1) is 24.5. The van der Waals surface area contributed by atoms with Crippen molar-refractivity contribution in [3.05, 3.63) is 64.9 Å². The molecule has 6 nitrogen and oxygen atoms in total. The van der Waals surface area contributed by atoms with E-state index in [1.165, 1.54) is 12.1 Å². The Balaban J connectivity index is 1.40. The molecule has 4 rings (SSSR count). The van der Waals surface area contributed by atoms with Crippen LogP contribution in [-0.2, 0) is 20.7 Å². The van der Waals surface area contributed by atoms with Crippen LogP contribution in [0.3, 0.4) is 0 Å². The Morgan fingerprint density at radius 2 is 1.53 bits per heavy atom. The van der Waals surface area contributed by atoms with Crippen LogP contribution in [0, 0.1) is 11.2 Å². The van der Waals surface area contributed by atoms with E-state index < -0.39 is 0 Å². The largest absolute Gasteiger partial charge is 0.493 e. The fourth-order valence-corrected chi connectivity index (χ4v) is 4.63. The molecule has 2 aromatic rings. The average Bonchev–Trinajstić information content (AvgIpc) is 2.86. The molecule has 0 atom stereocenters. The highest BCUT2D eigenvalue weighted by Crippen LogP contribution is 2.37. The second-order valence-electron chi connectivity index (χ2n) is 9.10. The third-order valence-electron chi connectivity index (χ3n) is 6.69. The molecular formula is C26H30ClFN2O4. The lowest BCUT2D eigenvalue weighted by molar-refractivity contribution is -0.140. The second-order valence-corrected chi connectivity index (χ2v) is 9.53. The Hall–Kier alpha value is -2.64.